The highest BCUT2D eigenvalue weighted by molar-refractivity contribution is 9.10. The van der Waals surface area contributed by atoms with Gasteiger partial charge in [-0.05, 0) is 67.1 Å². The number of benzene rings is 2. The van der Waals surface area contributed by atoms with E-state index in [1.54, 1.807) is 6.07 Å². The predicted molar refractivity (Wildman–Crippen MR) is 161 cm³/mol. The van der Waals surface area contributed by atoms with Gasteiger partial charge in [0.25, 0.3) is 5.91 Å². The number of likely N-dealkylation sites (tertiary alicyclic amines) is 1. The van der Waals surface area contributed by atoms with Crippen LogP contribution in [0.25, 0.3) is 10.9 Å². The number of nitrogens with one attached hydrogen (secondary N) is 1. The third kappa shape index (κ3) is 6.36. The first-order chi connectivity index (χ1) is 18.8. The Morgan fingerprint density at radius 1 is 1.13 bits per heavy atom. The Kier molecular flexibility index (Phi) is 9.44. The molecular weight excluding hydrogens is 554 g/mol. The van der Waals surface area contributed by atoms with Gasteiger partial charge in [0, 0.05) is 35.8 Å². The molecule has 0 bridgehead atoms. The average Bonchev–Trinajstić information content (AvgIpc) is 2.91. The number of aldehydes is 1. The van der Waals surface area contributed by atoms with Crippen molar-refractivity contribution in [1.82, 2.24) is 15.2 Å². The van der Waals surface area contributed by atoms with E-state index in [0.717, 1.165) is 42.2 Å². The fourth-order valence-electron chi connectivity index (χ4n) is 5.39. The van der Waals surface area contributed by atoms with Gasteiger partial charge in [0.05, 0.1) is 11.1 Å². The van der Waals surface area contributed by atoms with Crippen LogP contribution in [0.2, 0.25) is 0 Å². The summed E-state index contributed by atoms with van der Waals surface area (Å²) in [6.45, 7) is 10.2. The summed E-state index contributed by atoms with van der Waals surface area (Å²) in [6.07, 6.45) is 6.30. The first kappa shape index (κ1) is 29.2. The maximum absolute atomic E-state index is 12.2. The zero-order valence-electron chi connectivity index (χ0n) is 23.7. The summed E-state index contributed by atoms with van der Waals surface area (Å²) in [5.41, 5.74) is 4.24. The fourth-order valence-corrected chi connectivity index (χ4v) is 5.75. The maximum Gasteiger partial charge on any atom is 0.258 e. The third-order valence-electron chi connectivity index (χ3n) is 7.84. The normalized spacial score (nSPS) is 18.1. The molecule has 0 atom stereocenters. The van der Waals surface area contributed by atoms with Crippen LogP contribution in [0.3, 0.4) is 0 Å². The lowest BCUT2D eigenvalue weighted by Crippen LogP contribution is -2.60. The van der Waals surface area contributed by atoms with Gasteiger partial charge in [0.15, 0.2) is 12.0 Å². The second-order valence-electron chi connectivity index (χ2n) is 10.8. The van der Waals surface area contributed by atoms with Crippen LogP contribution in [0.4, 0.5) is 0 Å². The Morgan fingerprint density at radius 2 is 1.85 bits per heavy atom. The molecule has 3 aromatic rings. The second-order valence-corrected chi connectivity index (χ2v) is 11.7. The fraction of sp³-hybridized carbons (Fsp3) is 0.469. The van der Waals surface area contributed by atoms with Crippen LogP contribution in [0.5, 0.6) is 5.75 Å². The maximum atomic E-state index is 12.2. The molecule has 208 valence electrons. The largest absolute Gasteiger partial charge is 0.467 e. The highest BCUT2D eigenvalue weighted by atomic mass is 79.9. The zero-order valence-corrected chi connectivity index (χ0v) is 25.3. The number of nitrogens with zero attached hydrogens (tertiary/aromatic N) is 2. The van der Waals surface area contributed by atoms with Crippen molar-refractivity contribution in [1.29, 1.82) is 0 Å². The molecule has 2 aromatic carbocycles. The summed E-state index contributed by atoms with van der Waals surface area (Å²) in [5, 5.41) is 4.26. The number of fused-ring (bicyclic) bond motifs is 2. The third-order valence-corrected chi connectivity index (χ3v) is 8.33. The van der Waals surface area contributed by atoms with Crippen LogP contribution in [-0.2, 0) is 0 Å². The Bertz CT molecular complexity index is 1330. The van der Waals surface area contributed by atoms with Crippen molar-refractivity contribution in [2.24, 2.45) is 0 Å². The number of para-hydroxylation sites is 1. The molecule has 6 nitrogen and oxygen atoms in total. The van der Waals surface area contributed by atoms with Gasteiger partial charge in [0.2, 0.25) is 0 Å². The molecule has 3 heterocycles. The standard InChI is InChI=1S/C17H19NO.C13H15BrN2O2.C2H6/c1-11(2)14-7-4-8-15-16(12-5-3-6-12)9-13(10-19)18-17(14)15;1-16-6-4-13(5-7-16)15-12(17)10-8-9(14)2-3-11(10)18-13;1-2/h4,7-12H,3,5-6H2,1-2H3;2-3,8H,4-7H2,1H3,(H,15,17);1-2H3. The molecule has 0 radical (unpaired) electrons. The van der Waals surface area contributed by atoms with Crippen molar-refractivity contribution < 1.29 is 14.3 Å². The average molecular weight is 595 g/mol. The van der Waals surface area contributed by atoms with Crippen molar-refractivity contribution in [2.45, 2.75) is 77.4 Å². The molecule has 2 aliphatic heterocycles. The quantitative estimate of drug-likeness (QED) is 0.319. The molecule has 1 saturated heterocycles. The highest BCUT2D eigenvalue weighted by Crippen LogP contribution is 2.40. The van der Waals surface area contributed by atoms with E-state index < -0.39 is 5.72 Å². The number of pyridine rings is 1. The molecule has 1 N–H and O–H groups in total. The summed E-state index contributed by atoms with van der Waals surface area (Å²) in [7, 11) is 2.09. The summed E-state index contributed by atoms with van der Waals surface area (Å²) < 4.78 is 6.94. The summed E-state index contributed by atoms with van der Waals surface area (Å²) in [4.78, 5) is 30.1. The topological polar surface area (TPSA) is 71.5 Å². The van der Waals surface area contributed by atoms with Gasteiger partial charge in [-0.15, -0.1) is 0 Å². The van der Waals surface area contributed by atoms with Gasteiger partial charge in [-0.2, -0.15) is 0 Å². The van der Waals surface area contributed by atoms with E-state index in [1.165, 1.54) is 35.8 Å². The van der Waals surface area contributed by atoms with Gasteiger partial charge >= 0.3 is 0 Å². The monoisotopic (exact) mass is 593 g/mol. The molecule has 7 heteroatoms. The van der Waals surface area contributed by atoms with Crippen molar-refractivity contribution in [3.63, 3.8) is 0 Å². The number of carbonyl (C=O) groups is 2. The molecule has 1 saturated carbocycles. The van der Waals surface area contributed by atoms with Gasteiger partial charge < -0.3 is 15.0 Å². The van der Waals surface area contributed by atoms with E-state index >= 15 is 0 Å². The van der Waals surface area contributed by atoms with Crippen molar-refractivity contribution >= 4 is 39.0 Å². The molecule has 0 unspecified atom stereocenters. The van der Waals surface area contributed by atoms with Crippen molar-refractivity contribution in [3.05, 3.63) is 69.3 Å². The lowest BCUT2D eigenvalue weighted by molar-refractivity contribution is -0.0242. The minimum atomic E-state index is -0.510. The summed E-state index contributed by atoms with van der Waals surface area (Å²) in [5.74, 6) is 1.69. The van der Waals surface area contributed by atoms with Crippen molar-refractivity contribution in [2.75, 3.05) is 20.1 Å². The molecule has 2 fully saturated rings. The minimum absolute atomic E-state index is 0.0397. The zero-order chi connectivity index (χ0) is 28.2. The number of hydrogen-bond acceptors (Lipinski definition) is 5. The lowest BCUT2D eigenvalue weighted by atomic mass is 9.78. The number of ether oxygens (including phenoxy) is 1. The highest BCUT2D eigenvalue weighted by Gasteiger charge is 2.41. The smallest absolute Gasteiger partial charge is 0.258 e. The molecule has 1 amide bonds. The van der Waals surface area contributed by atoms with Crippen LogP contribution in [0.1, 0.15) is 104 Å². The number of rotatable bonds is 3. The van der Waals surface area contributed by atoms with Gasteiger partial charge in [-0.1, -0.05) is 68.2 Å². The molecule has 6 rings (SSSR count). The second kappa shape index (κ2) is 12.6. The lowest BCUT2D eigenvalue weighted by Gasteiger charge is -2.43. The molecule has 3 aliphatic rings. The van der Waals surface area contributed by atoms with E-state index in [9.17, 15) is 9.59 Å². The number of carbonyl (C=O) groups excluding carboxylic acids is 2. The number of halogens is 1. The van der Waals surface area contributed by atoms with Crippen LogP contribution in [-0.4, -0.2) is 47.9 Å². The first-order valence-corrected chi connectivity index (χ1v) is 15.0. The Labute approximate surface area is 240 Å². The van der Waals surface area contributed by atoms with Crippen LogP contribution < -0.4 is 10.1 Å². The summed E-state index contributed by atoms with van der Waals surface area (Å²) >= 11 is 3.37. The first-order valence-electron chi connectivity index (χ1n) is 14.2. The Balaban J connectivity index is 0.000000170. The number of amides is 1. The van der Waals surface area contributed by atoms with E-state index in [2.05, 4.69) is 70.2 Å². The van der Waals surface area contributed by atoms with Crippen LogP contribution >= 0.6 is 15.9 Å². The van der Waals surface area contributed by atoms with E-state index in [1.807, 2.05) is 32.0 Å². The summed E-state index contributed by atoms with van der Waals surface area (Å²) in [6, 6.07) is 13.9. The molecule has 39 heavy (non-hydrogen) atoms. The Hall–Kier alpha value is -2.77. The molecular formula is C32H40BrN3O3. The van der Waals surface area contributed by atoms with Crippen LogP contribution in [0, 0.1) is 0 Å². The van der Waals surface area contributed by atoms with Crippen molar-refractivity contribution in [3.8, 4) is 5.75 Å². The van der Waals surface area contributed by atoms with E-state index in [0.29, 0.717) is 28.8 Å². The molecule has 1 spiro atoms. The van der Waals surface area contributed by atoms with E-state index in [4.69, 9.17) is 4.74 Å². The minimum Gasteiger partial charge on any atom is -0.467 e. The Morgan fingerprint density at radius 3 is 2.46 bits per heavy atom. The predicted octanol–water partition coefficient (Wildman–Crippen LogP) is 7.46. The molecule has 1 aromatic heterocycles. The molecule has 1 aliphatic carbocycles. The van der Waals surface area contributed by atoms with Crippen LogP contribution in [0.15, 0.2) is 46.9 Å². The number of piperidine rings is 1. The van der Waals surface area contributed by atoms with Gasteiger partial charge in [-0.25, -0.2) is 4.98 Å². The van der Waals surface area contributed by atoms with Gasteiger partial charge in [0.1, 0.15) is 11.4 Å². The SMILES string of the molecule is CC.CC(C)c1cccc2c(C3CCC3)cc(C=O)nc12.CN1CCC2(CC1)NC(=O)c1cc(Br)ccc1O2. The number of hydrogen-bond donors (Lipinski definition) is 1. The van der Waals surface area contributed by atoms with E-state index in [-0.39, 0.29) is 5.91 Å². The number of aromatic nitrogens is 1. The van der Waals surface area contributed by atoms with Gasteiger partial charge in [-0.3, -0.25) is 9.59 Å².